The minimum absolute atomic E-state index is 0.00102. The first-order valence-corrected chi connectivity index (χ1v) is 4.78. The number of aliphatic hydroxyl groups excluding tert-OH is 1. The number of nitrogens with zero attached hydrogens (tertiary/aromatic N) is 1. The summed E-state index contributed by atoms with van der Waals surface area (Å²) in [7, 11) is 1.56. The molecule has 0 aromatic rings. The van der Waals surface area contributed by atoms with E-state index in [2.05, 4.69) is 0 Å². The van der Waals surface area contributed by atoms with E-state index in [4.69, 9.17) is 10.6 Å². The maximum atomic E-state index is 11.5. The lowest BCUT2D eigenvalue weighted by Gasteiger charge is -2.21. The zero-order valence-corrected chi connectivity index (χ0v) is 8.97. The normalized spacial score (nSPS) is 15.9. The minimum Gasteiger partial charge on any atom is -0.504 e. The van der Waals surface area contributed by atoms with Gasteiger partial charge >= 0.3 is 0 Å². The van der Waals surface area contributed by atoms with Crippen LogP contribution in [0.4, 0.5) is 0 Å². The largest absolute Gasteiger partial charge is 0.504 e. The van der Waals surface area contributed by atoms with E-state index >= 15 is 0 Å². The Morgan fingerprint density at radius 1 is 1.44 bits per heavy atom. The number of ketones is 2. The SMILES string of the molecule is COCCCN(N)C1=CC(=O)C=C(O)C1=O. The first-order chi connectivity index (χ1) is 7.56. The van der Waals surface area contributed by atoms with Crippen molar-refractivity contribution in [2.24, 2.45) is 5.84 Å². The van der Waals surface area contributed by atoms with Crippen molar-refractivity contribution in [3.63, 3.8) is 0 Å². The highest BCUT2D eigenvalue weighted by Crippen LogP contribution is 2.12. The molecule has 0 fully saturated rings. The molecule has 0 saturated heterocycles. The topological polar surface area (TPSA) is 92.9 Å². The first-order valence-electron chi connectivity index (χ1n) is 4.78. The molecule has 1 rings (SSSR count). The standard InChI is InChI=1S/C10H14N2O4/c1-16-4-2-3-12(11)8-5-7(13)6-9(14)10(8)15/h5-6,14H,2-4,11H2,1H3. The average molecular weight is 226 g/mol. The summed E-state index contributed by atoms with van der Waals surface area (Å²) in [4.78, 5) is 22.5. The quantitative estimate of drug-likeness (QED) is 0.289. The van der Waals surface area contributed by atoms with E-state index in [9.17, 15) is 14.7 Å². The van der Waals surface area contributed by atoms with Gasteiger partial charge in [0.2, 0.25) is 5.78 Å². The van der Waals surface area contributed by atoms with Gasteiger partial charge in [0.15, 0.2) is 11.5 Å². The molecule has 0 aromatic carbocycles. The molecule has 88 valence electrons. The van der Waals surface area contributed by atoms with Gasteiger partial charge in [0.1, 0.15) is 5.70 Å². The Bertz CT molecular complexity index is 360. The minimum atomic E-state index is -0.639. The molecule has 16 heavy (non-hydrogen) atoms. The van der Waals surface area contributed by atoms with Crippen LogP contribution in [0.25, 0.3) is 0 Å². The van der Waals surface area contributed by atoms with E-state index in [1.807, 2.05) is 0 Å². The molecule has 0 radical (unpaired) electrons. The van der Waals surface area contributed by atoms with Crippen LogP contribution in [0.3, 0.4) is 0 Å². The van der Waals surface area contributed by atoms with Crippen LogP contribution in [-0.2, 0) is 14.3 Å². The van der Waals surface area contributed by atoms with Gasteiger partial charge in [-0.2, -0.15) is 0 Å². The van der Waals surface area contributed by atoms with Crippen molar-refractivity contribution < 1.29 is 19.4 Å². The van der Waals surface area contributed by atoms with E-state index < -0.39 is 17.3 Å². The monoisotopic (exact) mass is 226 g/mol. The Morgan fingerprint density at radius 2 is 2.12 bits per heavy atom. The summed E-state index contributed by atoms with van der Waals surface area (Å²) < 4.78 is 4.83. The summed E-state index contributed by atoms with van der Waals surface area (Å²) in [6.45, 7) is 0.872. The number of nitrogens with two attached hydrogens (primary N) is 1. The summed E-state index contributed by atoms with van der Waals surface area (Å²) in [5, 5.41) is 10.3. The molecule has 1 aliphatic carbocycles. The number of allylic oxidation sites excluding steroid dienone is 2. The molecule has 0 aliphatic heterocycles. The third kappa shape index (κ3) is 2.91. The Morgan fingerprint density at radius 3 is 2.75 bits per heavy atom. The second kappa shape index (κ2) is 5.43. The molecule has 0 unspecified atom stereocenters. The lowest BCUT2D eigenvalue weighted by Crippen LogP contribution is -2.37. The predicted octanol–water partition coefficient (Wildman–Crippen LogP) is -0.324. The molecule has 3 N–H and O–H groups in total. The highest BCUT2D eigenvalue weighted by molar-refractivity contribution is 6.18. The van der Waals surface area contributed by atoms with Gasteiger partial charge in [-0.25, -0.2) is 5.84 Å². The second-order valence-electron chi connectivity index (χ2n) is 3.33. The summed E-state index contributed by atoms with van der Waals surface area (Å²) in [6, 6.07) is 0. The molecular formula is C10H14N2O4. The van der Waals surface area contributed by atoms with Gasteiger partial charge in [0.05, 0.1) is 0 Å². The molecule has 0 spiro atoms. The lowest BCUT2D eigenvalue weighted by atomic mass is 10.1. The predicted molar refractivity (Wildman–Crippen MR) is 56.2 cm³/mol. The Hall–Kier alpha value is -1.66. The maximum absolute atomic E-state index is 11.5. The zero-order valence-electron chi connectivity index (χ0n) is 8.97. The average Bonchev–Trinajstić information content (AvgIpc) is 2.23. The van der Waals surface area contributed by atoms with Gasteiger partial charge < -0.3 is 14.9 Å². The molecule has 0 bridgehead atoms. The molecule has 6 nitrogen and oxygen atoms in total. The summed E-state index contributed by atoms with van der Waals surface area (Å²) in [5.41, 5.74) is 0.00102. The summed E-state index contributed by atoms with van der Waals surface area (Å²) >= 11 is 0. The number of hydrogen-bond donors (Lipinski definition) is 2. The van der Waals surface area contributed by atoms with Gasteiger partial charge in [0.25, 0.3) is 0 Å². The Balaban J connectivity index is 2.65. The van der Waals surface area contributed by atoms with Crippen LogP contribution >= 0.6 is 0 Å². The number of hydrazine groups is 1. The van der Waals surface area contributed by atoms with Gasteiger partial charge in [0, 0.05) is 32.4 Å². The molecule has 1 aliphatic rings. The number of ether oxygens (including phenoxy) is 1. The first kappa shape index (κ1) is 12.4. The van der Waals surface area contributed by atoms with E-state index in [0.717, 1.165) is 17.2 Å². The number of aliphatic hydroxyl groups is 1. The highest BCUT2D eigenvalue weighted by atomic mass is 16.5. The molecule has 0 atom stereocenters. The van der Waals surface area contributed by atoms with E-state index in [-0.39, 0.29) is 5.70 Å². The van der Waals surface area contributed by atoms with Crippen LogP contribution in [0.15, 0.2) is 23.6 Å². The highest BCUT2D eigenvalue weighted by Gasteiger charge is 2.24. The summed E-state index contributed by atoms with van der Waals surface area (Å²) in [6.07, 6.45) is 2.60. The van der Waals surface area contributed by atoms with Crippen LogP contribution in [0.1, 0.15) is 6.42 Å². The smallest absolute Gasteiger partial charge is 0.244 e. The van der Waals surface area contributed by atoms with Gasteiger partial charge in [-0.15, -0.1) is 0 Å². The molecule has 6 heteroatoms. The Kier molecular flexibility index (Phi) is 4.21. The van der Waals surface area contributed by atoms with Crippen molar-refractivity contribution >= 4 is 11.6 Å². The molecule has 0 aromatic heterocycles. The molecule has 0 amide bonds. The van der Waals surface area contributed by atoms with E-state index in [1.165, 1.54) is 0 Å². The van der Waals surface area contributed by atoms with Crippen molar-refractivity contribution in [2.75, 3.05) is 20.3 Å². The maximum Gasteiger partial charge on any atom is 0.244 e. The fourth-order valence-electron chi connectivity index (χ4n) is 1.29. The van der Waals surface area contributed by atoms with Crippen LogP contribution in [0, 0.1) is 0 Å². The van der Waals surface area contributed by atoms with Gasteiger partial charge in [-0.3, -0.25) is 9.59 Å². The van der Waals surface area contributed by atoms with E-state index in [0.29, 0.717) is 19.6 Å². The zero-order chi connectivity index (χ0) is 12.1. The third-order valence-electron chi connectivity index (χ3n) is 2.08. The fourth-order valence-corrected chi connectivity index (χ4v) is 1.29. The van der Waals surface area contributed by atoms with Crippen LogP contribution in [0.5, 0.6) is 0 Å². The van der Waals surface area contributed by atoms with Crippen molar-refractivity contribution in [3.8, 4) is 0 Å². The van der Waals surface area contributed by atoms with E-state index in [1.54, 1.807) is 7.11 Å². The second-order valence-corrected chi connectivity index (χ2v) is 3.33. The van der Waals surface area contributed by atoms with Crippen LogP contribution in [0.2, 0.25) is 0 Å². The van der Waals surface area contributed by atoms with Crippen molar-refractivity contribution in [3.05, 3.63) is 23.6 Å². The van der Waals surface area contributed by atoms with Gasteiger partial charge in [-0.1, -0.05) is 0 Å². The van der Waals surface area contributed by atoms with Crippen molar-refractivity contribution in [1.29, 1.82) is 0 Å². The Labute approximate surface area is 92.9 Å². The number of Topliss-reactive ketones (excluding diaryl/α,β-unsaturated/α-hetero) is 1. The van der Waals surface area contributed by atoms with Crippen molar-refractivity contribution in [2.45, 2.75) is 6.42 Å². The lowest BCUT2D eigenvalue weighted by molar-refractivity contribution is -0.118. The third-order valence-corrected chi connectivity index (χ3v) is 2.08. The molecule has 0 heterocycles. The number of methoxy groups -OCH3 is 1. The van der Waals surface area contributed by atoms with Crippen LogP contribution in [-0.4, -0.2) is 41.9 Å². The van der Waals surface area contributed by atoms with Crippen LogP contribution < -0.4 is 5.84 Å². The number of rotatable bonds is 5. The fraction of sp³-hybridized carbons (Fsp3) is 0.400. The molecule has 0 saturated carbocycles. The number of hydrogen-bond acceptors (Lipinski definition) is 6. The molecular weight excluding hydrogens is 212 g/mol. The summed E-state index contributed by atoms with van der Waals surface area (Å²) in [5.74, 6) is 3.93. The van der Waals surface area contributed by atoms with Gasteiger partial charge in [-0.05, 0) is 6.42 Å². The number of carbonyl (C=O) groups is 2. The number of carbonyl (C=O) groups excluding carboxylic acids is 2. The van der Waals surface area contributed by atoms with Crippen molar-refractivity contribution in [1.82, 2.24) is 5.01 Å².